The van der Waals surface area contributed by atoms with Gasteiger partial charge in [0.1, 0.15) is 0 Å². The van der Waals surface area contributed by atoms with Crippen molar-refractivity contribution in [3.8, 4) is 5.69 Å². The minimum Gasteiger partial charge on any atom is -0.309 e. The van der Waals surface area contributed by atoms with Crippen molar-refractivity contribution in [1.29, 1.82) is 0 Å². The van der Waals surface area contributed by atoms with Crippen LogP contribution in [0.25, 0.3) is 33.1 Å². The van der Waals surface area contributed by atoms with E-state index < -0.39 is 0 Å². The number of allylic oxidation sites excluding steroid dienone is 5. The number of aryl methyl sites for hydroxylation is 1. The minimum absolute atomic E-state index is 1.18. The van der Waals surface area contributed by atoms with E-state index in [0.717, 1.165) is 0 Å². The predicted molar refractivity (Wildman–Crippen MR) is 123 cm³/mol. The molecule has 4 rings (SSSR count). The van der Waals surface area contributed by atoms with Crippen LogP contribution in [0.4, 0.5) is 0 Å². The SMILES string of the molecule is C=C/C(C)=C(\C=C/C)c1cc2c(cc1C)c1ccccc1n2-c1ccccc1. The van der Waals surface area contributed by atoms with Gasteiger partial charge in [0.05, 0.1) is 11.0 Å². The number of hydrogen-bond acceptors (Lipinski definition) is 0. The lowest BCUT2D eigenvalue weighted by molar-refractivity contribution is 1.18. The highest BCUT2D eigenvalue weighted by molar-refractivity contribution is 6.10. The number of fused-ring (bicyclic) bond motifs is 3. The molecule has 0 amide bonds. The van der Waals surface area contributed by atoms with Crippen molar-refractivity contribution >= 4 is 27.4 Å². The molecule has 1 heterocycles. The first-order valence-corrected chi connectivity index (χ1v) is 9.71. The summed E-state index contributed by atoms with van der Waals surface area (Å²) in [6.45, 7) is 10.4. The Morgan fingerprint density at radius 3 is 2.32 bits per heavy atom. The van der Waals surface area contributed by atoms with Crippen molar-refractivity contribution in [3.05, 3.63) is 108 Å². The van der Waals surface area contributed by atoms with Crippen LogP contribution in [-0.4, -0.2) is 4.57 Å². The number of rotatable bonds is 4. The summed E-state index contributed by atoms with van der Waals surface area (Å²) in [5, 5.41) is 2.57. The zero-order chi connectivity index (χ0) is 19.7. The number of nitrogens with zero attached hydrogens (tertiary/aromatic N) is 1. The molecule has 4 aromatic rings. The van der Waals surface area contributed by atoms with Crippen LogP contribution >= 0.6 is 0 Å². The fourth-order valence-corrected chi connectivity index (χ4v) is 3.98. The van der Waals surface area contributed by atoms with E-state index in [1.54, 1.807) is 0 Å². The lowest BCUT2D eigenvalue weighted by atomic mass is 9.94. The summed E-state index contributed by atoms with van der Waals surface area (Å²) >= 11 is 0. The van der Waals surface area contributed by atoms with Gasteiger partial charge in [0, 0.05) is 16.5 Å². The zero-order valence-electron chi connectivity index (χ0n) is 16.7. The fourth-order valence-electron chi connectivity index (χ4n) is 3.98. The molecule has 0 aliphatic heterocycles. The largest absolute Gasteiger partial charge is 0.309 e. The predicted octanol–water partition coefficient (Wildman–Crippen LogP) is 7.63. The highest BCUT2D eigenvalue weighted by Gasteiger charge is 2.15. The summed E-state index contributed by atoms with van der Waals surface area (Å²) in [7, 11) is 0. The lowest BCUT2D eigenvalue weighted by Crippen LogP contribution is -1.95. The molecule has 0 bridgehead atoms. The molecular weight excluding hydrogens is 338 g/mol. The standard InChI is InChI=1S/C27H25N/c1-5-12-22(19(3)6-2)24-18-27-25(17-20(24)4)23-15-10-11-16-26(23)28(27)21-13-8-7-9-14-21/h5-18H,2H2,1,3-4H3/b12-5-,22-19+. The van der Waals surface area contributed by atoms with Gasteiger partial charge in [0.2, 0.25) is 0 Å². The molecule has 0 spiro atoms. The van der Waals surface area contributed by atoms with Crippen molar-refractivity contribution in [3.63, 3.8) is 0 Å². The number of benzene rings is 3. The molecule has 1 nitrogen and oxygen atoms in total. The summed E-state index contributed by atoms with van der Waals surface area (Å²) in [6.07, 6.45) is 6.21. The van der Waals surface area contributed by atoms with E-state index in [2.05, 4.69) is 111 Å². The van der Waals surface area contributed by atoms with E-state index in [9.17, 15) is 0 Å². The topological polar surface area (TPSA) is 4.93 Å². The Bertz CT molecular complexity index is 1230. The van der Waals surface area contributed by atoms with E-state index in [4.69, 9.17) is 0 Å². The molecule has 1 aromatic heterocycles. The van der Waals surface area contributed by atoms with Gasteiger partial charge in [0.15, 0.2) is 0 Å². The van der Waals surface area contributed by atoms with Gasteiger partial charge < -0.3 is 4.57 Å². The van der Waals surface area contributed by atoms with Crippen molar-refractivity contribution < 1.29 is 0 Å². The van der Waals surface area contributed by atoms with E-state index >= 15 is 0 Å². The van der Waals surface area contributed by atoms with Gasteiger partial charge in [-0.3, -0.25) is 0 Å². The van der Waals surface area contributed by atoms with E-state index in [0.29, 0.717) is 0 Å². The second kappa shape index (κ2) is 7.36. The summed E-state index contributed by atoms with van der Waals surface area (Å²) < 4.78 is 2.37. The maximum Gasteiger partial charge on any atom is 0.0547 e. The average molecular weight is 364 g/mol. The second-order valence-corrected chi connectivity index (χ2v) is 7.17. The van der Waals surface area contributed by atoms with Crippen LogP contribution in [0.1, 0.15) is 25.0 Å². The molecule has 0 fully saturated rings. The molecule has 1 heteroatoms. The Kier molecular flexibility index (Phi) is 4.75. The molecule has 3 aromatic carbocycles. The quantitative estimate of drug-likeness (QED) is 0.328. The normalized spacial score (nSPS) is 12.7. The van der Waals surface area contributed by atoms with E-state index in [-0.39, 0.29) is 0 Å². The van der Waals surface area contributed by atoms with Crippen molar-refractivity contribution in [1.82, 2.24) is 4.57 Å². The van der Waals surface area contributed by atoms with Crippen molar-refractivity contribution in [2.45, 2.75) is 20.8 Å². The molecule has 0 saturated heterocycles. The zero-order valence-corrected chi connectivity index (χ0v) is 16.7. The summed E-state index contributed by atoms with van der Waals surface area (Å²) in [5.41, 5.74) is 8.58. The molecule has 0 aliphatic rings. The van der Waals surface area contributed by atoms with Gasteiger partial charge in [-0.25, -0.2) is 0 Å². The number of aromatic nitrogens is 1. The molecule has 0 atom stereocenters. The Morgan fingerprint density at radius 1 is 0.893 bits per heavy atom. The van der Waals surface area contributed by atoms with E-state index in [1.807, 2.05) is 6.08 Å². The smallest absolute Gasteiger partial charge is 0.0547 e. The first-order valence-electron chi connectivity index (χ1n) is 9.71. The van der Waals surface area contributed by atoms with Crippen LogP contribution in [0.15, 0.2) is 97.1 Å². The number of hydrogen-bond donors (Lipinski definition) is 0. The van der Waals surface area contributed by atoms with Gasteiger partial charge in [0.25, 0.3) is 0 Å². The maximum absolute atomic E-state index is 3.98. The Hall–Kier alpha value is -3.32. The minimum atomic E-state index is 1.18. The molecule has 0 unspecified atom stereocenters. The molecule has 0 N–H and O–H groups in total. The molecule has 28 heavy (non-hydrogen) atoms. The van der Waals surface area contributed by atoms with Crippen LogP contribution < -0.4 is 0 Å². The van der Waals surface area contributed by atoms with Crippen molar-refractivity contribution in [2.24, 2.45) is 0 Å². The lowest BCUT2D eigenvalue weighted by Gasteiger charge is -2.13. The Balaban J connectivity index is 2.15. The summed E-state index contributed by atoms with van der Waals surface area (Å²) in [5.74, 6) is 0. The molecule has 0 saturated carbocycles. The monoisotopic (exact) mass is 363 g/mol. The first kappa shape index (κ1) is 18.1. The van der Waals surface area contributed by atoms with Gasteiger partial charge in [-0.15, -0.1) is 0 Å². The third-order valence-electron chi connectivity index (χ3n) is 5.39. The summed E-state index contributed by atoms with van der Waals surface area (Å²) in [6, 6.07) is 23.9. The Labute approximate surface area is 166 Å². The van der Waals surface area contributed by atoms with Gasteiger partial charge >= 0.3 is 0 Å². The summed E-state index contributed by atoms with van der Waals surface area (Å²) in [4.78, 5) is 0. The van der Waals surface area contributed by atoms with E-state index in [1.165, 1.54) is 49.8 Å². The average Bonchev–Trinajstić information content (AvgIpc) is 3.05. The van der Waals surface area contributed by atoms with Crippen molar-refractivity contribution in [2.75, 3.05) is 0 Å². The third kappa shape index (κ3) is 2.90. The molecule has 0 radical (unpaired) electrons. The van der Waals surface area contributed by atoms with Crippen LogP contribution in [0.3, 0.4) is 0 Å². The molecule has 0 aliphatic carbocycles. The van der Waals surface area contributed by atoms with Crippen LogP contribution in [0.2, 0.25) is 0 Å². The third-order valence-corrected chi connectivity index (χ3v) is 5.39. The van der Waals surface area contributed by atoms with Gasteiger partial charge in [-0.05, 0) is 73.4 Å². The highest BCUT2D eigenvalue weighted by Crippen LogP contribution is 2.36. The van der Waals surface area contributed by atoms with Crippen LogP contribution in [-0.2, 0) is 0 Å². The van der Waals surface area contributed by atoms with Gasteiger partial charge in [-0.1, -0.05) is 61.2 Å². The second-order valence-electron chi connectivity index (χ2n) is 7.17. The van der Waals surface area contributed by atoms with Crippen LogP contribution in [0.5, 0.6) is 0 Å². The fraction of sp³-hybridized carbons (Fsp3) is 0.111. The molecule has 138 valence electrons. The first-order chi connectivity index (χ1) is 13.7. The molecular formula is C27H25N. The van der Waals surface area contributed by atoms with Crippen LogP contribution in [0, 0.1) is 6.92 Å². The van der Waals surface area contributed by atoms with Gasteiger partial charge in [-0.2, -0.15) is 0 Å². The Morgan fingerprint density at radius 2 is 1.61 bits per heavy atom. The number of para-hydroxylation sites is 2. The maximum atomic E-state index is 3.98. The highest BCUT2D eigenvalue weighted by atomic mass is 15.0.